The number of nitro groups is 1. The van der Waals surface area contributed by atoms with Crippen molar-refractivity contribution in [2.75, 3.05) is 11.1 Å². The zero-order chi connectivity index (χ0) is 14.0. The molecule has 0 aliphatic heterocycles. The average Bonchev–Trinajstić information content (AvgIpc) is 2.35. The Morgan fingerprint density at radius 1 is 1.16 bits per heavy atom. The summed E-state index contributed by atoms with van der Waals surface area (Å²) >= 11 is 0. The first kappa shape index (κ1) is 12.9. The van der Waals surface area contributed by atoms with Crippen LogP contribution in [0, 0.1) is 24.0 Å². The first-order valence-electron chi connectivity index (χ1n) is 5.86. The topological polar surface area (TPSA) is 81.2 Å². The molecule has 0 aromatic heterocycles. The van der Waals surface area contributed by atoms with Crippen molar-refractivity contribution >= 4 is 22.7 Å². The van der Waals surface area contributed by atoms with Crippen molar-refractivity contribution in [3.8, 4) is 0 Å². The van der Waals surface area contributed by atoms with E-state index in [9.17, 15) is 10.1 Å². The van der Waals surface area contributed by atoms with E-state index < -0.39 is 4.92 Å². The number of nitro benzene ring substituents is 1. The summed E-state index contributed by atoms with van der Waals surface area (Å²) in [6, 6.07) is 10.5. The predicted molar refractivity (Wildman–Crippen MR) is 76.7 cm³/mol. The summed E-state index contributed by atoms with van der Waals surface area (Å²) in [5, 5.41) is 14.2. The number of nitrogens with zero attached hydrogens (tertiary/aromatic N) is 1. The molecule has 0 amide bonds. The molecule has 0 aliphatic rings. The molecule has 0 unspecified atom stereocenters. The standard InChI is InChI=1S/C14H15N3O2/c1-9-4-3-5-10(2)14(9)16-12-7-6-11(15)8-13(12)17(18)19/h3-8,16H,15H2,1-2H3. The second kappa shape index (κ2) is 4.97. The minimum Gasteiger partial charge on any atom is -0.399 e. The summed E-state index contributed by atoms with van der Waals surface area (Å²) in [5.41, 5.74) is 9.33. The SMILES string of the molecule is Cc1cccc(C)c1Nc1ccc(N)cc1[N+](=O)[O-]. The number of para-hydroxylation sites is 1. The van der Waals surface area contributed by atoms with Gasteiger partial charge in [-0.15, -0.1) is 0 Å². The van der Waals surface area contributed by atoms with Crippen molar-refractivity contribution < 1.29 is 4.92 Å². The van der Waals surface area contributed by atoms with E-state index in [0.29, 0.717) is 11.4 Å². The molecule has 2 aromatic carbocycles. The van der Waals surface area contributed by atoms with Gasteiger partial charge in [0.05, 0.1) is 4.92 Å². The van der Waals surface area contributed by atoms with Gasteiger partial charge in [0.25, 0.3) is 5.69 Å². The van der Waals surface area contributed by atoms with Crippen LogP contribution in [-0.2, 0) is 0 Å². The van der Waals surface area contributed by atoms with E-state index in [0.717, 1.165) is 16.8 Å². The Morgan fingerprint density at radius 2 is 1.79 bits per heavy atom. The van der Waals surface area contributed by atoms with E-state index in [1.165, 1.54) is 6.07 Å². The molecule has 0 fully saturated rings. The Hall–Kier alpha value is -2.56. The lowest BCUT2D eigenvalue weighted by molar-refractivity contribution is -0.383. The van der Waals surface area contributed by atoms with Crippen LogP contribution >= 0.6 is 0 Å². The van der Waals surface area contributed by atoms with Crippen LogP contribution in [-0.4, -0.2) is 4.92 Å². The molecule has 0 saturated carbocycles. The Balaban J connectivity index is 2.47. The lowest BCUT2D eigenvalue weighted by Gasteiger charge is -2.13. The molecule has 3 N–H and O–H groups in total. The quantitative estimate of drug-likeness (QED) is 0.500. The average molecular weight is 257 g/mol. The first-order chi connectivity index (χ1) is 8.99. The van der Waals surface area contributed by atoms with Gasteiger partial charge in [-0.1, -0.05) is 18.2 Å². The molecule has 0 saturated heterocycles. The summed E-state index contributed by atoms with van der Waals surface area (Å²) in [7, 11) is 0. The van der Waals surface area contributed by atoms with Crippen molar-refractivity contribution in [1.82, 2.24) is 0 Å². The van der Waals surface area contributed by atoms with Gasteiger partial charge < -0.3 is 11.1 Å². The number of hydrogen-bond donors (Lipinski definition) is 2. The number of nitrogens with one attached hydrogen (secondary N) is 1. The highest BCUT2D eigenvalue weighted by atomic mass is 16.6. The molecule has 2 rings (SSSR count). The van der Waals surface area contributed by atoms with Crippen LogP contribution in [0.2, 0.25) is 0 Å². The monoisotopic (exact) mass is 257 g/mol. The van der Waals surface area contributed by atoms with Gasteiger partial charge >= 0.3 is 0 Å². The largest absolute Gasteiger partial charge is 0.399 e. The number of nitrogen functional groups attached to an aromatic ring is 1. The first-order valence-corrected chi connectivity index (χ1v) is 5.86. The van der Waals surface area contributed by atoms with Gasteiger partial charge in [-0.3, -0.25) is 10.1 Å². The van der Waals surface area contributed by atoms with Gasteiger partial charge in [0.2, 0.25) is 0 Å². The van der Waals surface area contributed by atoms with Crippen molar-refractivity contribution in [1.29, 1.82) is 0 Å². The fraction of sp³-hybridized carbons (Fsp3) is 0.143. The highest BCUT2D eigenvalue weighted by Gasteiger charge is 2.15. The summed E-state index contributed by atoms with van der Waals surface area (Å²) in [6.07, 6.45) is 0. The van der Waals surface area contributed by atoms with Crippen LogP contribution in [0.5, 0.6) is 0 Å². The lowest BCUT2D eigenvalue weighted by atomic mass is 10.1. The third kappa shape index (κ3) is 2.65. The molecular weight excluding hydrogens is 242 g/mol. The Bertz CT molecular complexity index is 618. The molecule has 0 spiro atoms. The highest BCUT2D eigenvalue weighted by Crippen LogP contribution is 2.31. The summed E-state index contributed by atoms with van der Waals surface area (Å²) < 4.78 is 0. The Labute approximate surface area is 111 Å². The molecule has 0 bridgehead atoms. The Kier molecular flexibility index (Phi) is 3.37. The smallest absolute Gasteiger partial charge is 0.294 e. The molecule has 0 aliphatic carbocycles. The minimum atomic E-state index is -0.438. The number of hydrogen-bond acceptors (Lipinski definition) is 4. The van der Waals surface area contributed by atoms with Crippen molar-refractivity contribution in [3.63, 3.8) is 0 Å². The number of rotatable bonds is 3. The molecule has 5 nitrogen and oxygen atoms in total. The lowest BCUT2D eigenvalue weighted by Crippen LogP contribution is -2.01. The molecule has 0 atom stereocenters. The fourth-order valence-electron chi connectivity index (χ4n) is 1.95. The van der Waals surface area contributed by atoms with Crippen LogP contribution in [0.15, 0.2) is 36.4 Å². The third-order valence-corrected chi connectivity index (χ3v) is 2.96. The normalized spacial score (nSPS) is 10.2. The van der Waals surface area contributed by atoms with Gasteiger partial charge in [-0.05, 0) is 37.1 Å². The number of aryl methyl sites for hydroxylation is 2. The van der Waals surface area contributed by atoms with Gasteiger partial charge in [0.1, 0.15) is 5.69 Å². The van der Waals surface area contributed by atoms with Gasteiger partial charge in [-0.2, -0.15) is 0 Å². The molecular formula is C14H15N3O2. The fourth-order valence-corrected chi connectivity index (χ4v) is 1.95. The molecule has 19 heavy (non-hydrogen) atoms. The second-order valence-corrected chi connectivity index (χ2v) is 4.43. The zero-order valence-corrected chi connectivity index (χ0v) is 10.8. The molecule has 0 radical (unpaired) electrons. The van der Waals surface area contributed by atoms with Gasteiger partial charge in [0.15, 0.2) is 0 Å². The maximum Gasteiger partial charge on any atom is 0.294 e. The van der Waals surface area contributed by atoms with Crippen LogP contribution in [0.4, 0.5) is 22.7 Å². The number of anilines is 3. The Morgan fingerprint density at radius 3 is 2.37 bits per heavy atom. The third-order valence-electron chi connectivity index (χ3n) is 2.96. The van der Waals surface area contributed by atoms with E-state index in [1.807, 2.05) is 32.0 Å². The van der Waals surface area contributed by atoms with E-state index in [4.69, 9.17) is 5.73 Å². The summed E-state index contributed by atoms with van der Waals surface area (Å²) in [5.74, 6) is 0. The van der Waals surface area contributed by atoms with Crippen LogP contribution < -0.4 is 11.1 Å². The maximum atomic E-state index is 11.0. The van der Waals surface area contributed by atoms with Gasteiger partial charge in [0, 0.05) is 17.4 Å². The van der Waals surface area contributed by atoms with Crippen molar-refractivity contribution in [3.05, 3.63) is 57.6 Å². The highest BCUT2D eigenvalue weighted by molar-refractivity contribution is 5.75. The maximum absolute atomic E-state index is 11.0. The van der Waals surface area contributed by atoms with Crippen molar-refractivity contribution in [2.24, 2.45) is 0 Å². The summed E-state index contributed by atoms with van der Waals surface area (Å²) in [4.78, 5) is 10.6. The predicted octanol–water partition coefficient (Wildman–Crippen LogP) is 3.54. The molecule has 0 heterocycles. The number of nitrogens with two attached hydrogens (primary N) is 1. The summed E-state index contributed by atoms with van der Waals surface area (Å²) in [6.45, 7) is 3.91. The van der Waals surface area contributed by atoms with Crippen molar-refractivity contribution in [2.45, 2.75) is 13.8 Å². The van der Waals surface area contributed by atoms with E-state index in [1.54, 1.807) is 12.1 Å². The minimum absolute atomic E-state index is 0.0253. The van der Waals surface area contributed by atoms with Crippen LogP contribution in [0.25, 0.3) is 0 Å². The molecule has 98 valence electrons. The zero-order valence-electron chi connectivity index (χ0n) is 10.8. The second-order valence-electron chi connectivity index (χ2n) is 4.43. The molecule has 5 heteroatoms. The van der Waals surface area contributed by atoms with E-state index >= 15 is 0 Å². The van der Waals surface area contributed by atoms with E-state index in [2.05, 4.69) is 5.32 Å². The number of benzene rings is 2. The van der Waals surface area contributed by atoms with Crippen LogP contribution in [0.1, 0.15) is 11.1 Å². The van der Waals surface area contributed by atoms with E-state index in [-0.39, 0.29) is 5.69 Å². The molecule has 2 aromatic rings. The van der Waals surface area contributed by atoms with Gasteiger partial charge in [-0.25, -0.2) is 0 Å². The van der Waals surface area contributed by atoms with Crippen LogP contribution in [0.3, 0.4) is 0 Å².